The minimum atomic E-state index is 0.567. The summed E-state index contributed by atoms with van der Waals surface area (Å²) in [4.78, 5) is 14.4. The van der Waals surface area contributed by atoms with Crippen molar-refractivity contribution in [2.45, 2.75) is 0 Å². The first kappa shape index (κ1) is 20.8. The van der Waals surface area contributed by atoms with Gasteiger partial charge in [-0.3, -0.25) is 0 Å². The number of halogens is 1. The van der Waals surface area contributed by atoms with E-state index in [1.807, 2.05) is 72.8 Å². The van der Waals surface area contributed by atoms with Crippen LogP contribution in [0.25, 0.3) is 66.9 Å². The molecule has 0 saturated carbocycles. The first-order valence-electron chi connectivity index (χ1n) is 11.6. The van der Waals surface area contributed by atoms with Crippen LogP contribution in [0.1, 0.15) is 0 Å². The number of hydrogen-bond donors (Lipinski definition) is 0. The predicted octanol–water partition coefficient (Wildman–Crippen LogP) is 8.58. The molecular weight excluding hydrogens is 466 g/mol. The molecule has 0 radical (unpaired) electrons. The maximum absolute atomic E-state index is 6.28. The SMILES string of the molecule is Clc1cccc(-c2nc(-c3ccccc3)nc(-c3ccc4c(c3)oc3ccc5ccccc5c34)n2)c1. The summed E-state index contributed by atoms with van der Waals surface area (Å²) in [5.74, 6) is 1.74. The first-order valence-corrected chi connectivity index (χ1v) is 12.0. The molecule has 0 amide bonds. The van der Waals surface area contributed by atoms with Crippen molar-refractivity contribution < 1.29 is 4.42 Å². The van der Waals surface area contributed by atoms with Crippen molar-refractivity contribution in [2.75, 3.05) is 0 Å². The van der Waals surface area contributed by atoms with Gasteiger partial charge in [0.25, 0.3) is 0 Å². The highest BCUT2D eigenvalue weighted by atomic mass is 35.5. The van der Waals surface area contributed by atoms with Crippen LogP contribution in [0.15, 0.2) is 114 Å². The van der Waals surface area contributed by atoms with Crippen LogP contribution in [-0.2, 0) is 0 Å². The molecule has 2 heterocycles. The molecule has 170 valence electrons. The van der Waals surface area contributed by atoms with Crippen molar-refractivity contribution in [1.82, 2.24) is 15.0 Å². The highest BCUT2D eigenvalue weighted by Crippen LogP contribution is 2.36. The fourth-order valence-corrected chi connectivity index (χ4v) is 4.85. The van der Waals surface area contributed by atoms with E-state index in [0.29, 0.717) is 22.5 Å². The summed E-state index contributed by atoms with van der Waals surface area (Å²) < 4.78 is 6.28. The van der Waals surface area contributed by atoms with Crippen LogP contribution < -0.4 is 0 Å². The summed E-state index contributed by atoms with van der Waals surface area (Å²) in [6, 6.07) is 36.1. The first-order chi connectivity index (χ1) is 17.7. The Labute approximate surface area is 211 Å². The van der Waals surface area contributed by atoms with Crippen LogP contribution in [0.2, 0.25) is 5.02 Å². The molecule has 0 unspecified atom stereocenters. The predicted molar refractivity (Wildman–Crippen MR) is 146 cm³/mol. The molecule has 0 bridgehead atoms. The Morgan fingerprint density at radius 1 is 0.500 bits per heavy atom. The largest absolute Gasteiger partial charge is 0.456 e. The third-order valence-corrected chi connectivity index (χ3v) is 6.61. The topological polar surface area (TPSA) is 51.8 Å². The van der Waals surface area contributed by atoms with Crippen molar-refractivity contribution in [3.63, 3.8) is 0 Å². The minimum Gasteiger partial charge on any atom is -0.456 e. The summed E-state index contributed by atoms with van der Waals surface area (Å²) in [5.41, 5.74) is 4.26. The molecule has 5 aromatic carbocycles. The van der Waals surface area contributed by atoms with Crippen LogP contribution in [0, 0.1) is 0 Å². The molecule has 0 atom stereocenters. The van der Waals surface area contributed by atoms with E-state index in [9.17, 15) is 0 Å². The quantitative estimate of drug-likeness (QED) is 0.252. The zero-order chi connectivity index (χ0) is 24.1. The van der Waals surface area contributed by atoms with Gasteiger partial charge in [0, 0.05) is 32.5 Å². The van der Waals surface area contributed by atoms with Crippen LogP contribution in [0.5, 0.6) is 0 Å². The zero-order valence-corrected chi connectivity index (χ0v) is 19.8. The number of nitrogens with zero attached hydrogens (tertiary/aromatic N) is 3. The number of fused-ring (bicyclic) bond motifs is 5. The average Bonchev–Trinajstić information content (AvgIpc) is 3.32. The molecular formula is C31H18ClN3O. The zero-order valence-electron chi connectivity index (χ0n) is 19.0. The summed E-state index contributed by atoms with van der Waals surface area (Å²) in [6.07, 6.45) is 0. The van der Waals surface area contributed by atoms with E-state index in [2.05, 4.69) is 36.4 Å². The Morgan fingerprint density at radius 3 is 2.00 bits per heavy atom. The molecule has 0 fully saturated rings. The Bertz CT molecular complexity index is 1910. The van der Waals surface area contributed by atoms with E-state index in [-0.39, 0.29) is 0 Å². The number of benzene rings is 5. The molecule has 36 heavy (non-hydrogen) atoms. The maximum Gasteiger partial charge on any atom is 0.164 e. The molecule has 0 aliphatic rings. The molecule has 0 N–H and O–H groups in total. The molecule has 0 spiro atoms. The van der Waals surface area contributed by atoms with E-state index in [1.165, 1.54) is 10.8 Å². The van der Waals surface area contributed by atoms with Crippen LogP contribution >= 0.6 is 11.6 Å². The highest BCUT2D eigenvalue weighted by molar-refractivity contribution is 6.30. The van der Waals surface area contributed by atoms with Gasteiger partial charge in [-0.25, -0.2) is 15.0 Å². The molecule has 2 aromatic heterocycles. The van der Waals surface area contributed by atoms with Crippen LogP contribution in [-0.4, -0.2) is 15.0 Å². The fourth-order valence-electron chi connectivity index (χ4n) is 4.66. The highest BCUT2D eigenvalue weighted by Gasteiger charge is 2.15. The molecule has 0 aliphatic carbocycles. The van der Waals surface area contributed by atoms with Gasteiger partial charge >= 0.3 is 0 Å². The second kappa shape index (κ2) is 8.29. The third-order valence-electron chi connectivity index (χ3n) is 6.37. The molecule has 7 aromatic rings. The molecule has 0 saturated heterocycles. The Kier molecular flexibility index (Phi) is 4.79. The van der Waals surface area contributed by atoms with E-state index in [1.54, 1.807) is 0 Å². The van der Waals surface area contributed by atoms with Gasteiger partial charge in [0.1, 0.15) is 11.2 Å². The van der Waals surface area contributed by atoms with Gasteiger partial charge in [0.05, 0.1) is 0 Å². The van der Waals surface area contributed by atoms with Gasteiger partial charge < -0.3 is 4.42 Å². The van der Waals surface area contributed by atoms with E-state index in [4.69, 9.17) is 31.0 Å². The minimum absolute atomic E-state index is 0.567. The van der Waals surface area contributed by atoms with Gasteiger partial charge in [-0.2, -0.15) is 0 Å². The smallest absolute Gasteiger partial charge is 0.164 e. The lowest BCUT2D eigenvalue weighted by atomic mass is 10.0. The maximum atomic E-state index is 6.28. The van der Waals surface area contributed by atoms with Crippen molar-refractivity contribution in [3.8, 4) is 34.2 Å². The lowest BCUT2D eigenvalue weighted by molar-refractivity contribution is 0.669. The van der Waals surface area contributed by atoms with Crippen LogP contribution in [0.3, 0.4) is 0 Å². The van der Waals surface area contributed by atoms with Crippen molar-refractivity contribution in [2.24, 2.45) is 0 Å². The van der Waals surface area contributed by atoms with Gasteiger partial charge in [-0.05, 0) is 41.1 Å². The molecule has 4 nitrogen and oxygen atoms in total. The van der Waals surface area contributed by atoms with Gasteiger partial charge in [-0.1, -0.05) is 90.5 Å². The third kappa shape index (κ3) is 3.51. The molecule has 7 rings (SSSR count). The second-order valence-corrected chi connectivity index (χ2v) is 9.09. The van der Waals surface area contributed by atoms with E-state index in [0.717, 1.165) is 38.6 Å². The standard InChI is InChI=1S/C31H18ClN3O/c32-23-11-6-10-21(17-23)30-33-29(20-8-2-1-3-9-20)34-31(35-30)22-13-15-25-27(18-22)36-26-16-14-19-7-4-5-12-24(19)28(25)26/h1-18H. The molecule has 5 heteroatoms. The van der Waals surface area contributed by atoms with E-state index >= 15 is 0 Å². The lowest BCUT2D eigenvalue weighted by Crippen LogP contribution is -2.00. The summed E-state index contributed by atoms with van der Waals surface area (Å²) in [6.45, 7) is 0. The summed E-state index contributed by atoms with van der Waals surface area (Å²) in [5, 5.41) is 5.18. The van der Waals surface area contributed by atoms with Crippen LogP contribution in [0.4, 0.5) is 0 Å². The van der Waals surface area contributed by atoms with Gasteiger partial charge in [-0.15, -0.1) is 0 Å². The Balaban J connectivity index is 1.44. The summed E-state index contributed by atoms with van der Waals surface area (Å²) >= 11 is 6.27. The Morgan fingerprint density at radius 2 is 1.19 bits per heavy atom. The van der Waals surface area contributed by atoms with Crippen molar-refractivity contribution in [1.29, 1.82) is 0 Å². The number of hydrogen-bond acceptors (Lipinski definition) is 4. The fraction of sp³-hybridized carbons (Fsp3) is 0. The average molecular weight is 484 g/mol. The van der Waals surface area contributed by atoms with Crippen molar-refractivity contribution in [3.05, 3.63) is 114 Å². The lowest BCUT2D eigenvalue weighted by Gasteiger charge is -2.08. The number of aromatic nitrogens is 3. The Hall–Kier alpha value is -4.54. The number of furan rings is 1. The normalized spacial score (nSPS) is 11.5. The van der Waals surface area contributed by atoms with Gasteiger partial charge in [0.15, 0.2) is 17.5 Å². The summed E-state index contributed by atoms with van der Waals surface area (Å²) in [7, 11) is 0. The number of rotatable bonds is 3. The molecule has 0 aliphatic heterocycles. The van der Waals surface area contributed by atoms with Gasteiger partial charge in [0.2, 0.25) is 0 Å². The second-order valence-electron chi connectivity index (χ2n) is 8.66. The van der Waals surface area contributed by atoms with E-state index < -0.39 is 0 Å². The van der Waals surface area contributed by atoms with Crippen molar-refractivity contribution >= 4 is 44.3 Å². The monoisotopic (exact) mass is 483 g/mol.